The molecule has 0 spiro atoms. The van der Waals surface area contributed by atoms with E-state index in [1.165, 1.54) is 21.5 Å². The van der Waals surface area contributed by atoms with Crippen LogP contribution in [0.15, 0.2) is 109 Å². The van der Waals surface area contributed by atoms with E-state index in [1.54, 1.807) is 0 Å². The van der Waals surface area contributed by atoms with Gasteiger partial charge in [-0.1, -0.05) is 90.1 Å². The molecule has 0 atom stereocenters. The van der Waals surface area contributed by atoms with Crippen LogP contribution in [-0.2, 0) is 10.8 Å². The number of rotatable bonds is 3. The third-order valence-electron chi connectivity index (χ3n) is 8.90. The minimum absolute atomic E-state index is 0.0765. The Kier molecular flexibility index (Phi) is 6.16. The van der Waals surface area contributed by atoms with Crippen LogP contribution in [0.25, 0.3) is 66.6 Å². The van der Waals surface area contributed by atoms with Crippen molar-refractivity contribution in [1.29, 1.82) is 0 Å². The van der Waals surface area contributed by atoms with Crippen LogP contribution in [0.1, 0.15) is 52.9 Å². The minimum atomic E-state index is -0.0765. The average molecular weight is 601 g/mol. The standard InChI is InChI=1S/C40H36N6/c1-39(2,3)35-19-21-41-37(43-35)45-31-13-9-7-11-27(31)29-23-25(15-17-33(29)45)26-16-18-34-30(24-26)28-12-8-10-14-32(28)46(34)38-42-22-20-36(44-38)40(4,5)6/h7-24H,1-6H3. The molecule has 6 heteroatoms. The Hall–Kier alpha value is -5.36. The second-order valence-electron chi connectivity index (χ2n) is 14.2. The Balaban J connectivity index is 1.31. The molecule has 0 N–H and O–H groups in total. The molecule has 8 aromatic rings. The lowest BCUT2D eigenvalue weighted by Crippen LogP contribution is -2.15. The predicted molar refractivity (Wildman–Crippen MR) is 189 cm³/mol. The molecule has 6 nitrogen and oxygen atoms in total. The first-order valence-corrected chi connectivity index (χ1v) is 15.8. The number of benzene rings is 4. The number of fused-ring (bicyclic) bond motifs is 6. The summed E-state index contributed by atoms with van der Waals surface area (Å²) in [7, 11) is 0. The molecule has 0 saturated carbocycles. The van der Waals surface area contributed by atoms with Gasteiger partial charge in [0.25, 0.3) is 0 Å². The molecule has 46 heavy (non-hydrogen) atoms. The molecule has 0 bridgehead atoms. The van der Waals surface area contributed by atoms with Crippen molar-refractivity contribution in [3.63, 3.8) is 0 Å². The normalized spacial score (nSPS) is 12.6. The first-order chi connectivity index (χ1) is 22.1. The SMILES string of the molecule is CC(C)(C)c1ccnc(-n2c3ccccc3c3cc(-c4ccc5c(c4)c4ccccc4n5-c4nccc(C(C)(C)C)n4)ccc32)n1. The highest BCUT2D eigenvalue weighted by molar-refractivity contribution is 6.12. The fraction of sp³-hybridized carbons (Fsp3) is 0.200. The van der Waals surface area contributed by atoms with Gasteiger partial charge in [0.2, 0.25) is 11.9 Å². The zero-order valence-corrected chi connectivity index (χ0v) is 27.1. The van der Waals surface area contributed by atoms with Gasteiger partial charge < -0.3 is 0 Å². The summed E-state index contributed by atoms with van der Waals surface area (Å²) in [5, 5.41) is 4.70. The predicted octanol–water partition coefficient (Wildman–Crippen LogP) is 9.72. The highest BCUT2D eigenvalue weighted by atomic mass is 15.2. The highest BCUT2D eigenvalue weighted by Gasteiger charge is 2.21. The van der Waals surface area contributed by atoms with Gasteiger partial charge in [0.1, 0.15) is 0 Å². The zero-order chi connectivity index (χ0) is 31.8. The molecule has 0 aliphatic rings. The molecule has 0 radical (unpaired) electrons. The lowest BCUT2D eigenvalue weighted by molar-refractivity contribution is 0.565. The first kappa shape index (κ1) is 28.1. The number of aromatic nitrogens is 6. The summed E-state index contributed by atoms with van der Waals surface area (Å²) >= 11 is 0. The molecule has 0 aliphatic carbocycles. The van der Waals surface area contributed by atoms with Crippen molar-refractivity contribution in [3.05, 3.63) is 121 Å². The quantitative estimate of drug-likeness (QED) is 0.203. The lowest BCUT2D eigenvalue weighted by atomic mass is 9.92. The summed E-state index contributed by atoms with van der Waals surface area (Å²) in [6.07, 6.45) is 3.74. The Labute approximate surface area is 268 Å². The van der Waals surface area contributed by atoms with Gasteiger partial charge in [-0.25, -0.2) is 19.9 Å². The number of hydrogen-bond acceptors (Lipinski definition) is 4. The van der Waals surface area contributed by atoms with Gasteiger partial charge in [0, 0.05) is 44.8 Å². The molecule has 0 amide bonds. The topological polar surface area (TPSA) is 61.4 Å². The van der Waals surface area contributed by atoms with Gasteiger partial charge >= 0.3 is 0 Å². The average Bonchev–Trinajstić information content (AvgIpc) is 3.56. The Bertz CT molecular complexity index is 2280. The molecule has 0 saturated heterocycles. The van der Waals surface area contributed by atoms with Gasteiger partial charge in [0.05, 0.1) is 33.5 Å². The first-order valence-electron chi connectivity index (χ1n) is 15.8. The van der Waals surface area contributed by atoms with Gasteiger partial charge in [0.15, 0.2) is 0 Å². The van der Waals surface area contributed by atoms with Crippen LogP contribution in [0.4, 0.5) is 0 Å². The summed E-state index contributed by atoms with van der Waals surface area (Å²) in [5.41, 5.74) is 8.56. The van der Waals surface area contributed by atoms with Crippen LogP contribution in [0, 0.1) is 0 Å². The van der Waals surface area contributed by atoms with Crippen LogP contribution >= 0.6 is 0 Å². The maximum absolute atomic E-state index is 5.02. The Morgan fingerprint density at radius 1 is 0.435 bits per heavy atom. The van der Waals surface area contributed by atoms with Crippen LogP contribution < -0.4 is 0 Å². The van der Waals surface area contributed by atoms with Crippen molar-refractivity contribution >= 4 is 43.6 Å². The molecule has 226 valence electrons. The summed E-state index contributed by atoms with van der Waals surface area (Å²) < 4.78 is 4.37. The molecule has 4 aromatic heterocycles. The molecular formula is C40H36N6. The van der Waals surface area contributed by atoms with E-state index in [2.05, 4.69) is 136 Å². The van der Waals surface area contributed by atoms with Crippen LogP contribution in [0.2, 0.25) is 0 Å². The van der Waals surface area contributed by atoms with Gasteiger partial charge in [-0.15, -0.1) is 0 Å². The van der Waals surface area contributed by atoms with E-state index in [0.29, 0.717) is 11.9 Å². The maximum Gasteiger partial charge on any atom is 0.234 e. The summed E-state index contributed by atoms with van der Waals surface area (Å²) in [6, 6.07) is 34.5. The van der Waals surface area contributed by atoms with Crippen molar-refractivity contribution in [2.24, 2.45) is 0 Å². The van der Waals surface area contributed by atoms with E-state index in [-0.39, 0.29) is 10.8 Å². The Morgan fingerprint density at radius 3 is 1.24 bits per heavy atom. The van der Waals surface area contributed by atoms with E-state index >= 15 is 0 Å². The summed E-state index contributed by atoms with van der Waals surface area (Å²) in [5.74, 6) is 1.39. The molecule has 0 aliphatic heterocycles. The smallest absolute Gasteiger partial charge is 0.234 e. The third-order valence-corrected chi connectivity index (χ3v) is 8.90. The van der Waals surface area contributed by atoms with Gasteiger partial charge in [-0.05, 0) is 59.7 Å². The molecule has 0 unspecified atom stereocenters. The highest BCUT2D eigenvalue weighted by Crippen LogP contribution is 2.38. The van der Waals surface area contributed by atoms with Crippen molar-refractivity contribution in [2.45, 2.75) is 52.4 Å². The Morgan fingerprint density at radius 2 is 0.826 bits per heavy atom. The van der Waals surface area contributed by atoms with Crippen molar-refractivity contribution in [1.82, 2.24) is 29.1 Å². The largest absolute Gasteiger partial charge is 0.278 e. The van der Waals surface area contributed by atoms with E-state index in [9.17, 15) is 0 Å². The minimum Gasteiger partial charge on any atom is -0.278 e. The fourth-order valence-corrected chi connectivity index (χ4v) is 6.48. The van der Waals surface area contributed by atoms with Gasteiger partial charge in [-0.2, -0.15) is 0 Å². The van der Waals surface area contributed by atoms with Crippen molar-refractivity contribution in [2.75, 3.05) is 0 Å². The maximum atomic E-state index is 5.02. The van der Waals surface area contributed by atoms with Crippen LogP contribution in [0.3, 0.4) is 0 Å². The summed E-state index contributed by atoms with van der Waals surface area (Å²) in [4.78, 5) is 19.5. The molecule has 8 rings (SSSR count). The fourth-order valence-electron chi connectivity index (χ4n) is 6.48. The van der Waals surface area contributed by atoms with Crippen molar-refractivity contribution in [3.8, 4) is 23.0 Å². The van der Waals surface area contributed by atoms with Gasteiger partial charge in [-0.3, -0.25) is 9.13 Å². The van der Waals surface area contributed by atoms with E-state index in [1.807, 2.05) is 24.5 Å². The van der Waals surface area contributed by atoms with Crippen molar-refractivity contribution < 1.29 is 0 Å². The third kappa shape index (κ3) is 4.47. The molecule has 4 aromatic carbocycles. The monoisotopic (exact) mass is 600 g/mol. The number of nitrogens with zero attached hydrogens (tertiary/aromatic N) is 6. The summed E-state index contributed by atoms with van der Waals surface area (Å²) in [6.45, 7) is 13.1. The lowest BCUT2D eigenvalue weighted by Gasteiger charge is -2.18. The van der Waals surface area contributed by atoms with E-state index in [4.69, 9.17) is 19.9 Å². The zero-order valence-electron chi connectivity index (χ0n) is 27.1. The second kappa shape index (κ2) is 10.1. The molecule has 0 fully saturated rings. The van der Waals surface area contributed by atoms with Crippen LogP contribution in [0.5, 0.6) is 0 Å². The number of para-hydroxylation sites is 2. The molecular weight excluding hydrogens is 564 g/mol. The number of hydrogen-bond donors (Lipinski definition) is 0. The van der Waals surface area contributed by atoms with E-state index < -0.39 is 0 Å². The second-order valence-corrected chi connectivity index (χ2v) is 14.2. The van der Waals surface area contributed by atoms with Crippen LogP contribution in [-0.4, -0.2) is 29.1 Å². The molecule has 4 heterocycles. The van der Waals surface area contributed by atoms with E-state index in [0.717, 1.165) is 44.6 Å².